The average molecular weight is 396 g/mol. The third-order valence-electron chi connectivity index (χ3n) is 5.51. The molecular formula is C21H29N7O. The highest BCUT2D eigenvalue weighted by atomic mass is 16.2. The number of nitrogens with one attached hydrogen (secondary N) is 2. The first-order valence-electron chi connectivity index (χ1n) is 10.4. The van der Waals surface area contributed by atoms with Crippen molar-refractivity contribution in [3.05, 3.63) is 47.0 Å². The number of amides is 1. The monoisotopic (exact) mass is 395 g/mol. The van der Waals surface area contributed by atoms with E-state index in [9.17, 15) is 4.79 Å². The van der Waals surface area contributed by atoms with Gasteiger partial charge in [-0.25, -0.2) is 9.67 Å². The molecule has 4 rings (SSSR count). The summed E-state index contributed by atoms with van der Waals surface area (Å²) in [5, 5.41) is 11.4. The van der Waals surface area contributed by atoms with Crippen LogP contribution in [0.4, 0.5) is 0 Å². The molecule has 0 aliphatic carbocycles. The molecule has 8 heteroatoms. The number of aryl methyl sites for hydroxylation is 2. The Bertz CT molecular complexity index is 904. The Kier molecular flexibility index (Phi) is 5.78. The van der Waals surface area contributed by atoms with Crippen LogP contribution < -0.4 is 10.6 Å². The van der Waals surface area contributed by atoms with Gasteiger partial charge in [0.15, 0.2) is 5.96 Å². The van der Waals surface area contributed by atoms with E-state index in [4.69, 9.17) is 0 Å². The van der Waals surface area contributed by atoms with Crippen molar-refractivity contribution < 1.29 is 4.79 Å². The van der Waals surface area contributed by atoms with Crippen LogP contribution in [0, 0.1) is 6.92 Å². The van der Waals surface area contributed by atoms with E-state index >= 15 is 0 Å². The summed E-state index contributed by atoms with van der Waals surface area (Å²) in [7, 11) is 1.78. The van der Waals surface area contributed by atoms with Gasteiger partial charge in [-0.3, -0.25) is 9.79 Å². The molecule has 2 aliphatic rings. The molecule has 1 atom stereocenters. The van der Waals surface area contributed by atoms with Crippen LogP contribution in [0.3, 0.4) is 0 Å². The minimum Gasteiger partial charge on any atom is -0.352 e. The number of hydrogen-bond donors (Lipinski definition) is 2. The van der Waals surface area contributed by atoms with Gasteiger partial charge in [-0.2, -0.15) is 5.10 Å². The van der Waals surface area contributed by atoms with Gasteiger partial charge in [0.25, 0.3) is 0 Å². The minimum absolute atomic E-state index is 0.115. The Morgan fingerprint density at radius 3 is 2.93 bits per heavy atom. The predicted molar refractivity (Wildman–Crippen MR) is 111 cm³/mol. The molecule has 0 spiro atoms. The molecule has 1 unspecified atom stereocenters. The zero-order valence-corrected chi connectivity index (χ0v) is 17.2. The Balaban J connectivity index is 1.35. The number of aliphatic imine (C=N–C) groups is 1. The van der Waals surface area contributed by atoms with Crippen molar-refractivity contribution in [2.45, 2.75) is 58.3 Å². The second kappa shape index (κ2) is 8.63. The zero-order valence-electron chi connectivity index (χ0n) is 17.2. The quantitative estimate of drug-likeness (QED) is 0.596. The molecule has 0 bridgehead atoms. The molecular weight excluding hydrogens is 366 g/mol. The van der Waals surface area contributed by atoms with Crippen LogP contribution in [0.25, 0.3) is 0 Å². The summed E-state index contributed by atoms with van der Waals surface area (Å²) in [6.07, 6.45) is 3.73. The fourth-order valence-electron chi connectivity index (χ4n) is 4.08. The fraction of sp³-hybridized carbons (Fsp3) is 0.524. The van der Waals surface area contributed by atoms with Gasteiger partial charge in [0.1, 0.15) is 11.6 Å². The van der Waals surface area contributed by atoms with Crippen LogP contribution in [0.2, 0.25) is 0 Å². The Hall–Kier alpha value is -2.90. The van der Waals surface area contributed by atoms with Crippen LogP contribution >= 0.6 is 0 Å². The number of fused-ring (bicyclic) bond motifs is 1. The third-order valence-corrected chi connectivity index (χ3v) is 5.51. The van der Waals surface area contributed by atoms with Crippen molar-refractivity contribution in [3.63, 3.8) is 0 Å². The summed E-state index contributed by atoms with van der Waals surface area (Å²) in [4.78, 5) is 22.8. The Morgan fingerprint density at radius 2 is 2.14 bits per heavy atom. The lowest BCUT2D eigenvalue weighted by molar-refractivity contribution is -0.128. The van der Waals surface area contributed by atoms with Crippen molar-refractivity contribution in [1.29, 1.82) is 0 Å². The van der Waals surface area contributed by atoms with E-state index in [0.29, 0.717) is 19.5 Å². The van der Waals surface area contributed by atoms with Gasteiger partial charge in [-0.05, 0) is 37.3 Å². The molecule has 2 aromatic rings. The van der Waals surface area contributed by atoms with Gasteiger partial charge in [-0.15, -0.1) is 0 Å². The molecule has 1 aromatic heterocycles. The van der Waals surface area contributed by atoms with Crippen molar-refractivity contribution in [1.82, 2.24) is 30.3 Å². The fourth-order valence-corrected chi connectivity index (χ4v) is 4.08. The van der Waals surface area contributed by atoms with E-state index in [2.05, 4.69) is 50.0 Å². The lowest BCUT2D eigenvalue weighted by Crippen LogP contribution is -2.41. The predicted octanol–water partition coefficient (Wildman–Crippen LogP) is 1.91. The summed E-state index contributed by atoms with van der Waals surface area (Å²) in [5.74, 6) is 2.80. The second-order valence-electron chi connectivity index (χ2n) is 7.74. The molecule has 2 aliphatic heterocycles. The van der Waals surface area contributed by atoms with Crippen LogP contribution in [0.1, 0.15) is 54.5 Å². The number of carbonyl (C=O) groups excluding carboxylic acids is 1. The van der Waals surface area contributed by atoms with Crippen molar-refractivity contribution >= 4 is 11.9 Å². The van der Waals surface area contributed by atoms with Gasteiger partial charge in [0, 0.05) is 39.6 Å². The first-order chi connectivity index (χ1) is 14.1. The maximum Gasteiger partial charge on any atom is 0.222 e. The molecule has 29 heavy (non-hydrogen) atoms. The van der Waals surface area contributed by atoms with Crippen LogP contribution in [-0.4, -0.2) is 45.1 Å². The highest BCUT2D eigenvalue weighted by Crippen LogP contribution is 2.22. The second-order valence-corrected chi connectivity index (χ2v) is 7.74. The normalized spacial score (nSPS) is 19.4. The summed E-state index contributed by atoms with van der Waals surface area (Å²) >= 11 is 0. The topological polar surface area (TPSA) is 87.4 Å². The highest BCUT2D eigenvalue weighted by molar-refractivity contribution is 5.80. The molecule has 8 nitrogen and oxygen atoms in total. The maximum atomic E-state index is 11.9. The average Bonchev–Trinajstić information content (AvgIpc) is 3.30. The van der Waals surface area contributed by atoms with Gasteiger partial charge >= 0.3 is 0 Å². The van der Waals surface area contributed by atoms with E-state index in [0.717, 1.165) is 50.0 Å². The molecule has 1 fully saturated rings. The van der Waals surface area contributed by atoms with Crippen LogP contribution in [0.5, 0.6) is 0 Å². The maximum absolute atomic E-state index is 11.9. The lowest BCUT2D eigenvalue weighted by Gasteiger charge is -2.25. The largest absolute Gasteiger partial charge is 0.352 e. The number of likely N-dealkylation sites (tertiary alicyclic amines) is 1. The van der Waals surface area contributed by atoms with E-state index in [1.165, 1.54) is 11.1 Å². The molecule has 1 saturated heterocycles. The molecule has 0 radical (unpaired) electrons. The molecule has 1 aromatic carbocycles. The first kappa shape index (κ1) is 19.4. The van der Waals surface area contributed by atoms with E-state index in [1.54, 1.807) is 7.05 Å². The first-order valence-corrected chi connectivity index (χ1v) is 10.4. The number of hydrogen-bond acceptors (Lipinski definition) is 4. The summed E-state index contributed by atoms with van der Waals surface area (Å²) in [6, 6.07) is 8.50. The third kappa shape index (κ3) is 4.58. The Morgan fingerprint density at radius 1 is 1.28 bits per heavy atom. The van der Waals surface area contributed by atoms with E-state index in [-0.39, 0.29) is 11.9 Å². The van der Waals surface area contributed by atoms with Crippen molar-refractivity contribution in [2.75, 3.05) is 13.6 Å². The zero-order chi connectivity index (χ0) is 20.2. The van der Waals surface area contributed by atoms with Gasteiger partial charge in [-0.1, -0.05) is 24.3 Å². The number of aromatic nitrogens is 3. The van der Waals surface area contributed by atoms with Crippen LogP contribution in [0.15, 0.2) is 29.3 Å². The number of rotatable bonds is 5. The smallest absolute Gasteiger partial charge is 0.222 e. The number of benzene rings is 1. The van der Waals surface area contributed by atoms with Crippen molar-refractivity contribution in [3.8, 4) is 0 Å². The summed E-state index contributed by atoms with van der Waals surface area (Å²) in [6.45, 7) is 5.07. The van der Waals surface area contributed by atoms with Gasteiger partial charge in [0.05, 0.1) is 6.04 Å². The number of nitrogens with zero attached hydrogens (tertiary/aromatic N) is 5. The minimum atomic E-state index is 0.115. The highest BCUT2D eigenvalue weighted by Gasteiger charge is 2.24. The van der Waals surface area contributed by atoms with Gasteiger partial charge < -0.3 is 15.5 Å². The lowest BCUT2D eigenvalue weighted by atomic mass is 10.1. The standard InChI is InChI=1S/C21H29N7O/c1-15-24-20-18(8-4-11-28(20)26-15)25-21(22-2)23-13-16-6-3-7-17(12-16)14-27-10-5-9-19(27)29/h3,6-7,12,18H,4-5,8-11,13-14H2,1-2H3,(H2,22,23,25). The van der Waals surface area contributed by atoms with Gasteiger partial charge in [0.2, 0.25) is 5.91 Å². The molecule has 3 heterocycles. The molecule has 0 saturated carbocycles. The molecule has 1 amide bonds. The SMILES string of the molecule is CN=C(NCc1cccc(CN2CCCC2=O)c1)NC1CCCn2nc(C)nc21. The van der Waals surface area contributed by atoms with Crippen LogP contribution in [-0.2, 0) is 24.4 Å². The molecule has 2 N–H and O–H groups in total. The Labute approximate surface area is 171 Å². The number of carbonyl (C=O) groups is 1. The molecule has 154 valence electrons. The van der Waals surface area contributed by atoms with E-state index in [1.807, 2.05) is 16.5 Å². The van der Waals surface area contributed by atoms with E-state index < -0.39 is 0 Å². The number of guanidine groups is 1. The van der Waals surface area contributed by atoms with Crippen molar-refractivity contribution in [2.24, 2.45) is 4.99 Å². The summed E-state index contributed by atoms with van der Waals surface area (Å²) in [5.41, 5.74) is 2.33. The summed E-state index contributed by atoms with van der Waals surface area (Å²) < 4.78 is 1.99.